The lowest BCUT2D eigenvalue weighted by molar-refractivity contribution is -0.190. The quantitative estimate of drug-likeness (QED) is 0.190. The van der Waals surface area contributed by atoms with E-state index >= 15 is 0 Å². The number of ether oxygens (including phenoxy) is 1. The van der Waals surface area contributed by atoms with Crippen LogP contribution in [0.15, 0.2) is 11.6 Å². The summed E-state index contributed by atoms with van der Waals surface area (Å²) in [6.07, 6.45) is 12.8. The SMILES string of the molecule is COC(=O)[C@]12CCC(C)(C)CC1C1=CC[C@@H]3[C@@]4(C)CCC(=O)[C@@](C)(C=O)[C@@H]4CC[C@@]3(C)[C@]1(C)CC2. The Kier molecular flexibility index (Phi) is 5.43. The van der Waals surface area contributed by atoms with Crippen LogP contribution in [0, 0.1) is 50.2 Å². The third-order valence-electron chi connectivity index (χ3n) is 13.0. The van der Waals surface area contributed by atoms with Crippen molar-refractivity contribution in [3.63, 3.8) is 0 Å². The fourth-order valence-electron chi connectivity index (χ4n) is 10.5. The number of Topliss-reactive ketones (excluding diaryl/α,β-unsaturated/α-hetero) is 1. The maximum absolute atomic E-state index is 13.3. The van der Waals surface area contributed by atoms with Gasteiger partial charge in [0.2, 0.25) is 0 Å². The van der Waals surface area contributed by atoms with Gasteiger partial charge in [-0.2, -0.15) is 0 Å². The number of allylic oxidation sites excluding steroid dienone is 2. The van der Waals surface area contributed by atoms with E-state index in [0.717, 1.165) is 64.1 Å². The molecule has 0 aliphatic heterocycles. The van der Waals surface area contributed by atoms with Crippen molar-refractivity contribution in [1.29, 1.82) is 0 Å². The van der Waals surface area contributed by atoms with Gasteiger partial charge in [-0.05, 0) is 104 Å². The van der Waals surface area contributed by atoms with E-state index < -0.39 is 5.41 Å². The highest BCUT2D eigenvalue weighted by atomic mass is 16.5. The normalized spacial score (nSPS) is 50.5. The Morgan fingerprint density at radius 3 is 2.31 bits per heavy atom. The number of fused-ring (bicyclic) bond motifs is 7. The van der Waals surface area contributed by atoms with Gasteiger partial charge in [0, 0.05) is 6.42 Å². The van der Waals surface area contributed by atoms with Crippen LogP contribution >= 0.6 is 0 Å². The molecule has 4 saturated carbocycles. The van der Waals surface area contributed by atoms with Crippen molar-refractivity contribution in [2.45, 2.75) is 106 Å². The van der Waals surface area contributed by atoms with Gasteiger partial charge in [-0.1, -0.05) is 46.3 Å². The largest absolute Gasteiger partial charge is 0.469 e. The molecule has 0 amide bonds. The molecule has 5 aliphatic carbocycles. The first-order valence-corrected chi connectivity index (χ1v) is 14.0. The maximum Gasteiger partial charge on any atom is 0.312 e. The summed E-state index contributed by atoms with van der Waals surface area (Å²) in [4.78, 5) is 38.6. The number of esters is 1. The minimum atomic E-state index is -0.848. The summed E-state index contributed by atoms with van der Waals surface area (Å²) in [7, 11) is 1.56. The lowest BCUT2D eigenvalue weighted by Gasteiger charge is -2.70. The third-order valence-corrected chi connectivity index (χ3v) is 13.0. The molecule has 0 heterocycles. The highest BCUT2D eigenvalue weighted by Crippen LogP contribution is 2.75. The molecule has 1 unspecified atom stereocenters. The molecule has 0 aromatic carbocycles. The number of rotatable bonds is 2. The van der Waals surface area contributed by atoms with Crippen molar-refractivity contribution in [3.05, 3.63) is 11.6 Å². The first-order valence-electron chi connectivity index (χ1n) is 14.0. The minimum absolute atomic E-state index is 0.00330. The van der Waals surface area contributed by atoms with Gasteiger partial charge in [0.15, 0.2) is 0 Å². The second-order valence-electron chi connectivity index (χ2n) is 14.7. The molecule has 4 fully saturated rings. The molecule has 194 valence electrons. The lowest BCUT2D eigenvalue weighted by atomic mass is 9.33. The van der Waals surface area contributed by atoms with E-state index in [2.05, 4.69) is 40.7 Å². The molecule has 4 nitrogen and oxygen atoms in total. The van der Waals surface area contributed by atoms with Gasteiger partial charge >= 0.3 is 5.97 Å². The van der Waals surface area contributed by atoms with E-state index in [4.69, 9.17) is 4.74 Å². The van der Waals surface area contributed by atoms with Crippen molar-refractivity contribution in [3.8, 4) is 0 Å². The van der Waals surface area contributed by atoms with E-state index in [1.807, 2.05) is 6.92 Å². The fourth-order valence-corrected chi connectivity index (χ4v) is 10.5. The van der Waals surface area contributed by atoms with E-state index in [1.54, 1.807) is 7.11 Å². The Morgan fingerprint density at radius 2 is 1.66 bits per heavy atom. The molecular formula is C31H46O4. The summed E-state index contributed by atoms with van der Waals surface area (Å²) < 4.78 is 5.46. The molecule has 0 spiro atoms. The van der Waals surface area contributed by atoms with Crippen molar-refractivity contribution < 1.29 is 19.1 Å². The Labute approximate surface area is 212 Å². The van der Waals surface area contributed by atoms with Crippen LogP contribution in [0.3, 0.4) is 0 Å². The van der Waals surface area contributed by atoms with Crippen LogP contribution in [-0.4, -0.2) is 25.1 Å². The van der Waals surface area contributed by atoms with Crippen molar-refractivity contribution in [2.75, 3.05) is 7.11 Å². The molecule has 0 aromatic heterocycles. The van der Waals surface area contributed by atoms with Gasteiger partial charge in [0.05, 0.1) is 17.9 Å². The van der Waals surface area contributed by atoms with E-state index in [-0.39, 0.29) is 50.7 Å². The summed E-state index contributed by atoms with van der Waals surface area (Å²) in [5.74, 6) is 0.945. The molecule has 8 atom stereocenters. The smallest absolute Gasteiger partial charge is 0.312 e. The lowest BCUT2D eigenvalue weighted by Crippen LogP contribution is -2.65. The maximum atomic E-state index is 13.3. The molecule has 4 heteroatoms. The summed E-state index contributed by atoms with van der Waals surface area (Å²) in [5.41, 5.74) is 0.608. The summed E-state index contributed by atoms with van der Waals surface area (Å²) >= 11 is 0. The second kappa shape index (κ2) is 7.54. The summed E-state index contributed by atoms with van der Waals surface area (Å²) in [6, 6.07) is 0. The third kappa shape index (κ3) is 3.00. The van der Waals surface area contributed by atoms with Crippen LogP contribution in [0.25, 0.3) is 0 Å². The Hall–Kier alpha value is -1.45. The van der Waals surface area contributed by atoms with Gasteiger partial charge in [0.25, 0.3) is 0 Å². The van der Waals surface area contributed by atoms with Crippen LogP contribution in [0.2, 0.25) is 0 Å². The number of carbonyl (C=O) groups excluding carboxylic acids is 3. The molecule has 0 bridgehead atoms. The van der Waals surface area contributed by atoms with Gasteiger partial charge in [0.1, 0.15) is 12.1 Å². The molecular weight excluding hydrogens is 436 g/mol. The average molecular weight is 483 g/mol. The first-order chi connectivity index (χ1) is 16.2. The molecule has 0 N–H and O–H groups in total. The molecule has 35 heavy (non-hydrogen) atoms. The number of hydrogen-bond acceptors (Lipinski definition) is 4. The van der Waals surface area contributed by atoms with Gasteiger partial charge in [-0.15, -0.1) is 0 Å². The summed E-state index contributed by atoms with van der Waals surface area (Å²) in [6.45, 7) is 14.0. The average Bonchev–Trinajstić information content (AvgIpc) is 2.81. The minimum Gasteiger partial charge on any atom is -0.469 e. The fraction of sp³-hybridized carbons (Fsp3) is 0.839. The standard InChI is InChI=1S/C31H46O4/c1-26(2)14-16-31(25(34)35-7)17-15-29(5)20(21(31)18-26)8-9-23-27(3)12-11-24(33)28(4,19-32)22(27)10-13-30(23,29)6/h8,19,21-23H,9-18H2,1-7H3/t21?,22-,23-,27+,28+,29-,30-,31+/m1/s1. The van der Waals surface area contributed by atoms with E-state index in [1.165, 1.54) is 5.57 Å². The van der Waals surface area contributed by atoms with E-state index in [9.17, 15) is 14.4 Å². The number of ketones is 1. The highest BCUT2D eigenvalue weighted by Gasteiger charge is 2.69. The van der Waals surface area contributed by atoms with Crippen LogP contribution in [0.1, 0.15) is 106 Å². The number of hydrogen-bond donors (Lipinski definition) is 0. The number of aldehydes is 1. The van der Waals surface area contributed by atoms with Crippen LogP contribution in [0.4, 0.5) is 0 Å². The van der Waals surface area contributed by atoms with Gasteiger partial charge in [-0.25, -0.2) is 0 Å². The number of carbonyl (C=O) groups is 3. The highest BCUT2D eigenvalue weighted by molar-refractivity contribution is 5.99. The molecule has 5 aliphatic rings. The summed E-state index contributed by atoms with van der Waals surface area (Å²) in [5, 5.41) is 0. The molecule has 5 rings (SSSR count). The first kappa shape index (κ1) is 25.2. The van der Waals surface area contributed by atoms with Gasteiger partial charge in [-0.3, -0.25) is 9.59 Å². The zero-order valence-electron chi connectivity index (χ0n) is 23.1. The van der Waals surface area contributed by atoms with Crippen LogP contribution < -0.4 is 0 Å². The Morgan fingerprint density at radius 1 is 0.971 bits per heavy atom. The zero-order chi connectivity index (χ0) is 25.7. The Bertz CT molecular complexity index is 994. The van der Waals surface area contributed by atoms with E-state index in [0.29, 0.717) is 12.3 Å². The molecule has 0 saturated heterocycles. The van der Waals surface area contributed by atoms with Crippen LogP contribution in [0.5, 0.6) is 0 Å². The predicted octanol–water partition coefficient (Wildman–Crippen LogP) is 6.71. The van der Waals surface area contributed by atoms with Gasteiger partial charge < -0.3 is 9.53 Å². The van der Waals surface area contributed by atoms with Crippen molar-refractivity contribution >= 4 is 18.0 Å². The Balaban J connectivity index is 1.61. The van der Waals surface area contributed by atoms with Crippen molar-refractivity contribution in [2.24, 2.45) is 50.2 Å². The topological polar surface area (TPSA) is 60.4 Å². The number of methoxy groups -OCH3 is 1. The zero-order valence-corrected chi connectivity index (χ0v) is 23.1. The predicted molar refractivity (Wildman–Crippen MR) is 136 cm³/mol. The molecule has 0 aromatic rings. The monoisotopic (exact) mass is 482 g/mol. The van der Waals surface area contributed by atoms with Crippen molar-refractivity contribution in [1.82, 2.24) is 0 Å². The molecule has 0 radical (unpaired) electrons. The van der Waals surface area contributed by atoms with Crippen LogP contribution in [-0.2, 0) is 19.1 Å². The second-order valence-corrected chi connectivity index (χ2v) is 14.7.